The van der Waals surface area contributed by atoms with Crippen molar-refractivity contribution >= 4 is 51.4 Å². The SMILES string of the molecule is O=C1Nc2c([nH]c(-c3cccs3)c2-c2cccs2)C1=O.c1ccsc1. The van der Waals surface area contributed by atoms with E-state index in [1.54, 1.807) is 34.0 Å². The molecule has 0 aromatic carbocycles. The lowest BCUT2D eigenvalue weighted by Gasteiger charge is -2.03. The van der Waals surface area contributed by atoms with Gasteiger partial charge in [-0.25, -0.2) is 0 Å². The molecule has 1 aliphatic rings. The maximum Gasteiger partial charge on any atom is 0.298 e. The highest BCUT2D eigenvalue weighted by atomic mass is 32.1. The molecule has 1 amide bonds. The van der Waals surface area contributed by atoms with Crippen molar-refractivity contribution in [2.24, 2.45) is 0 Å². The Balaban J connectivity index is 0.000000272. The number of fused-ring (bicyclic) bond motifs is 1. The highest BCUT2D eigenvalue weighted by Gasteiger charge is 2.35. The third kappa shape index (κ3) is 2.97. The van der Waals surface area contributed by atoms with Crippen molar-refractivity contribution in [1.29, 1.82) is 0 Å². The molecule has 5 rings (SSSR count). The summed E-state index contributed by atoms with van der Waals surface area (Å²) in [5, 5.41) is 10.7. The van der Waals surface area contributed by atoms with Gasteiger partial charge in [-0.1, -0.05) is 24.3 Å². The number of hydrogen-bond donors (Lipinski definition) is 2. The van der Waals surface area contributed by atoms with Gasteiger partial charge in [0.2, 0.25) is 0 Å². The van der Waals surface area contributed by atoms with Gasteiger partial charge in [0.15, 0.2) is 0 Å². The number of carbonyl (C=O) groups excluding carboxylic acids is 2. The number of carbonyl (C=O) groups is 2. The van der Waals surface area contributed by atoms with Crippen LogP contribution in [0.1, 0.15) is 10.5 Å². The smallest absolute Gasteiger partial charge is 0.298 e. The zero-order chi connectivity index (χ0) is 17.2. The molecule has 0 spiro atoms. The van der Waals surface area contributed by atoms with Crippen LogP contribution in [-0.4, -0.2) is 16.7 Å². The van der Waals surface area contributed by atoms with Crippen molar-refractivity contribution in [2.75, 3.05) is 5.32 Å². The average Bonchev–Trinajstić information content (AvgIpc) is 3.43. The van der Waals surface area contributed by atoms with Crippen molar-refractivity contribution in [2.45, 2.75) is 0 Å². The summed E-state index contributed by atoms with van der Waals surface area (Å²) in [6, 6.07) is 11.9. The molecule has 0 unspecified atom stereocenters. The summed E-state index contributed by atoms with van der Waals surface area (Å²) >= 11 is 4.89. The van der Waals surface area contributed by atoms with Gasteiger partial charge in [0.05, 0.1) is 16.3 Å². The molecule has 2 N–H and O–H groups in total. The van der Waals surface area contributed by atoms with Crippen LogP contribution in [0, 0.1) is 0 Å². The molecule has 124 valence electrons. The second kappa shape index (κ2) is 6.79. The zero-order valence-corrected chi connectivity index (χ0v) is 15.3. The molecule has 4 nitrogen and oxygen atoms in total. The molecule has 0 radical (unpaired) electrons. The van der Waals surface area contributed by atoms with Crippen LogP contribution in [0.4, 0.5) is 5.69 Å². The van der Waals surface area contributed by atoms with Gasteiger partial charge in [-0.3, -0.25) is 9.59 Å². The quantitative estimate of drug-likeness (QED) is 0.457. The number of amides is 1. The summed E-state index contributed by atoms with van der Waals surface area (Å²) in [5.74, 6) is -1.07. The molecule has 0 fully saturated rings. The van der Waals surface area contributed by atoms with Crippen molar-refractivity contribution in [3.8, 4) is 21.0 Å². The first kappa shape index (κ1) is 16.0. The molecule has 0 bridgehead atoms. The Bertz CT molecular complexity index is 980. The first-order valence-corrected chi connectivity index (χ1v) is 10.1. The van der Waals surface area contributed by atoms with Gasteiger partial charge < -0.3 is 10.3 Å². The summed E-state index contributed by atoms with van der Waals surface area (Å²) in [4.78, 5) is 28.6. The van der Waals surface area contributed by atoms with Crippen LogP contribution in [-0.2, 0) is 4.79 Å². The van der Waals surface area contributed by atoms with Gasteiger partial charge in [-0.2, -0.15) is 11.3 Å². The predicted molar refractivity (Wildman–Crippen MR) is 105 cm³/mol. The fourth-order valence-corrected chi connectivity index (χ4v) is 4.55. The van der Waals surface area contributed by atoms with Crippen LogP contribution in [0.2, 0.25) is 0 Å². The van der Waals surface area contributed by atoms with Crippen LogP contribution in [0.3, 0.4) is 0 Å². The minimum absolute atomic E-state index is 0.363. The summed E-state index contributed by atoms with van der Waals surface area (Å²) in [7, 11) is 0. The largest absolute Gasteiger partial charge is 0.349 e. The number of aromatic nitrogens is 1. The van der Waals surface area contributed by atoms with E-state index in [4.69, 9.17) is 0 Å². The lowest BCUT2D eigenvalue weighted by atomic mass is 10.1. The number of ketones is 1. The number of Topliss-reactive ketones (excluding diaryl/α,β-unsaturated/α-hetero) is 1. The molecule has 1 aliphatic heterocycles. The van der Waals surface area contributed by atoms with Gasteiger partial charge in [0.1, 0.15) is 5.69 Å². The summed E-state index contributed by atoms with van der Waals surface area (Å²) in [6.07, 6.45) is 0. The lowest BCUT2D eigenvalue weighted by Crippen LogP contribution is -2.14. The molecule has 0 aliphatic carbocycles. The summed E-state index contributed by atoms with van der Waals surface area (Å²) in [5.41, 5.74) is 2.75. The van der Waals surface area contributed by atoms with Crippen LogP contribution in [0.25, 0.3) is 21.0 Å². The molecular weight excluding hydrogens is 372 g/mol. The monoisotopic (exact) mass is 384 g/mol. The van der Waals surface area contributed by atoms with Gasteiger partial charge in [-0.05, 0) is 33.7 Å². The number of hydrogen-bond acceptors (Lipinski definition) is 5. The molecule has 25 heavy (non-hydrogen) atoms. The number of H-pyrrole nitrogens is 1. The molecule has 4 aromatic rings. The highest BCUT2D eigenvalue weighted by molar-refractivity contribution is 7.14. The van der Waals surface area contributed by atoms with Crippen molar-refractivity contribution in [3.05, 3.63) is 63.6 Å². The minimum atomic E-state index is -0.568. The zero-order valence-electron chi connectivity index (χ0n) is 12.8. The van der Waals surface area contributed by atoms with E-state index < -0.39 is 11.7 Å². The Morgan fingerprint density at radius 2 is 1.44 bits per heavy atom. The summed E-state index contributed by atoms with van der Waals surface area (Å²) < 4.78 is 0. The summed E-state index contributed by atoms with van der Waals surface area (Å²) in [6.45, 7) is 0. The van der Waals surface area contributed by atoms with E-state index >= 15 is 0 Å². The van der Waals surface area contributed by atoms with Crippen molar-refractivity contribution < 1.29 is 9.59 Å². The molecule has 5 heterocycles. The number of anilines is 1. The van der Waals surface area contributed by atoms with Crippen LogP contribution in [0.15, 0.2) is 57.9 Å². The van der Waals surface area contributed by atoms with E-state index in [2.05, 4.69) is 10.3 Å². The minimum Gasteiger partial charge on any atom is -0.349 e. The molecule has 7 heteroatoms. The number of rotatable bonds is 2. The molecule has 4 aromatic heterocycles. The fraction of sp³-hybridized carbons (Fsp3) is 0. The number of thiophene rings is 3. The van der Waals surface area contributed by atoms with E-state index in [1.165, 1.54) is 0 Å². The average molecular weight is 385 g/mol. The Morgan fingerprint density at radius 1 is 0.760 bits per heavy atom. The Kier molecular flexibility index (Phi) is 4.35. The Morgan fingerprint density at radius 3 is 2.00 bits per heavy atom. The second-order valence-corrected chi connectivity index (χ2v) is 7.87. The van der Waals surface area contributed by atoms with E-state index in [0.29, 0.717) is 11.4 Å². The highest BCUT2D eigenvalue weighted by Crippen LogP contribution is 2.45. The third-order valence-electron chi connectivity index (χ3n) is 3.63. The van der Waals surface area contributed by atoms with E-state index in [-0.39, 0.29) is 0 Å². The van der Waals surface area contributed by atoms with Crippen LogP contribution >= 0.6 is 34.0 Å². The van der Waals surface area contributed by atoms with Crippen LogP contribution in [0.5, 0.6) is 0 Å². The van der Waals surface area contributed by atoms with E-state index in [0.717, 1.165) is 21.0 Å². The first-order valence-electron chi connectivity index (χ1n) is 7.42. The van der Waals surface area contributed by atoms with E-state index in [9.17, 15) is 9.59 Å². The second-order valence-electron chi connectivity index (χ2n) is 5.16. The van der Waals surface area contributed by atoms with Gasteiger partial charge in [-0.15, -0.1) is 22.7 Å². The predicted octanol–water partition coefficient (Wildman–Crippen LogP) is 5.35. The normalized spacial score (nSPS) is 12.5. The van der Waals surface area contributed by atoms with Gasteiger partial charge in [0, 0.05) is 10.4 Å². The first-order chi connectivity index (χ1) is 12.3. The maximum atomic E-state index is 11.9. The van der Waals surface area contributed by atoms with E-state index in [1.807, 2.05) is 57.9 Å². The molecule has 0 saturated heterocycles. The molecule has 0 atom stereocenters. The maximum absolute atomic E-state index is 11.9. The molecule has 0 saturated carbocycles. The third-order valence-corrected chi connectivity index (χ3v) is 6.04. The Hall–Kier alpha value is -2.48. The lowest BCUT2D eigenvalue weighted by molar-refractivity contribution is -0.112. The van der Waals surface area contributed by atoms with Crippen LogP contribution < -0.4 is 5.32 Å². The number of nitrogens with one attached hydrogen (secondary N) is 2. The fourth-order valence-electron chi connectivity index (χ4n) is 2.58. The topological polar surface area (TPSA) is 62.0 Å². The van der Waals surface area contributed by atoms with Crippen molar-refractivity contribution in [3.63, 3.8) is 0 Å². The standard InChI is InChI=1S/C14H8N2O2S2.C4H4S/c17-13-12-11(16-14(13)18)9(7-3-1-5-19-7)10(15-12)8-4-2-6-20-8;1-2-4-5-3-1/h1-6,15H,(H,16,17,18);1-4H. The van der Waals surface area contributed by atoms with Crippen molar-refractivity contribution in [1.82, 2.24) is 4.98 Å². The van der Waals surface area contributed by atoms with Gasteiger partial charge in [0.25, 0.3) is 11.7 Å². The number of aromatic amines is 1. The molecular formula is C18H12N2O2S3. The Labute approximate surface area is 155 Å². The van der Waals surface area contributed by atoms with Gasteiger partial charge >= 0.3 is 0 Å².